The summed E-state index contributed by atoms with van der Waals surface area (Å²) in [5.74, 6) is -0.0983. The highest BCUT2D eigenvalue weighted by atomic mass is 35.5. The van der Waals surface area contributed by atoms with Crippen LogP contribution in [0.4, 0.5) is 0 Å². The van der Waals surface area contributed by atoms with Crippen LogP contribution in [0.1, 0.15) is 10.5 Å². The van der Waals surface area contributed by atoms with E-state index in [0.29, 0.717) is 10.8 Å². The Kier molecular flexibility index (Phi) is 3.08. The Bertz CT molecular complexity index is 327. The van der Waals surface area contributed by atoms with Gasteiger partial charge in [0.2, 0.25) is 0 Å². The van der Waals surface area contributed by atoms with E-state index < -0.39 is 5.97 Å². The quantitative estimate of drug-likeness (QED) is 0.681. The van der Waals surface area contributed by atoms with Gasteiger partial charge in [0.25, 0.3) is 0 Å². The van der Waals surface area contributed by atoms with E-state index in [1.807, 2.05) is 0 Å². The standard InChI is InChI=1S/C8H8ClNO3/c1-12-7-4-10-6(3-5(7)9)8(11)13-2/h3-4H,1-2H3. The van der Waals surface area contributed by atoms with Gasteiger partial charge in [-0.3, -0.25) is 0 Å². The predicted molar refractivity (Wildman–Crippen MR) is 47.1 cm³/mol. The summed E-state index contributed by atoms with van der Waals surface area (Å²) in [5, 5.41) is 0.331. The number of carbonyl (C=O) groups is 1. The Morgan fingerprint density at radius 2 is 2.23 bits per heavy atom. The SMILES string of the molecule is COC(=O)c1cc(Cl)c(OC)cn1. The molecular weight excluding hydrogens is 194 g/mol. The van der Waals surface area contributed by atoms with Crippen molar-refractivity contribution in [3.05, 3.63) is 23.0 Å². The third-order valence-electron chi connectivity index (χ3n) is 1.43. The molecule has 4 nitrogen and oxygen atoms in total. The minimum atomic E-state index is -0.524. The summed E-state index contributed by atoms with van der Waals surface area (Å²) in [6.07, 6.45) is 1.37. The molecule has 70 valence electrons. The Hall–Kier alpha value is -1.29. The molecule has 0 bridgehead atoms. The van der Waals surface area contributed by atoms with Crippen molar-refractivity contribution in [3.63, 3.8) is 0 Å². The van der Waals surface area contributed by atoms with Crippen LogP contribution in [0.5, 0.6) is 5.75 Å². The van der Waals surface area contributed by atoms with Gasteiger partial charge in [-0.05, 0) is 6.07 Å². The molecule has 0 aromatic carbocycles. The van der Waals surface area contributed by atoms with Crippen molar-refractivity contribution >= 4 is 17.6 Å². The van der Waals surface area contributed by atoms with Crippen LogP contribution >= 0.6 is 11.6 Å². The molecule has 1 aromatic rings. The molecule has 0 aliphatic heterocycles. The fourth-order valence-electron chi connectivity index (χ4n) is 0.785. The number of nitrogens with zero attached hydrogens (tertiary/aromatic N) is 1. The number of hydrogen-bond acceptors (Lipinski definition) is 4. The van der Waals surface area contributed by atoms with Crippen LogP contribution in [0.2, 0.25) is 5.02 Å². The molecule has 0 spiro atoms. The van der Waals surface area contributed by atoms with E-state index in [1.54, 1.807) is 0 Å². The molecule has 0 aliphatic carbocycles. The van der Waals surface area contributed by atoms with Crippen LogP contribution < -0.4 is 4.74 Å². The first kappa shape index (κ1) is 9.80. The van der Waals surface area contributed by atoms with Crippen LogP contribution in [0.15, 0.2) is 12.3 Å². The van der Waals surface area contributed by atoms with Crippen LogP contribution in [-0.4, -0.2) is 25.2 Å². The second-order valence-corrected chi connectivity index (χ2v) is 2.60. The Balaban J connectivity index is 3.02. The lowest BCUT2D eigenvalue weighted by molar-refractivity contribution is 0.0594. The molecule has 0 saturated heterocycles. The van der Waals surface area contributed by atoms with Gasteiger partial charge in [-0.1, -0.05) is 11.6 Å². The molecule has 1 rings (SSSR count). The van der Waals surface area contributed by atoms with Gasteiger partial charge < -0.3 is 9.47 Å². The zero-order chi connectivity index (χ0) is 9.84. The molecule has 13 heavy (non-hydrogen) atoms. The first-order chi connectivity index (χ1) is 6.19. The number of methoxy groups -OCH3 is 2. The first-order valence-corrected chi connectivity index (χ1v) is 3.84. The van der Waals surface area contributed by atoms with E-state index in [4.69, 9.17) is 16.3 Å². The zero-order valence-corrected chi connectivity index (χ0v) is 7.96. The average Bonchev–Trinajstić information content (AvgIpc) is 2.16. The largest absolute Gasteiger partial charge is 0.494 e. The minimum absolute atomic E-state index is 0.160. The summed E-state index contributed by atoms with van der Waals surface area (Å²) in [7, 11) is 2.75. The topological polar surface area (TPSA) is 48.4 Å². The van der Waals surface area contributed by atoms with E-state index >= 15 is 0 Å². The van der Waals surface area contributed by atoms with Crippen LogP contribution in [-0.2, 0) is 4.74 Å². The van der Waals surface area contributed by atoms with Gasteiger partial charge >= 0.3 is 5.97 Å². The lowest BCUT2D eigenvalue weighted by atomic mass is 10.3. The Morgan fingerprint density at radius 3 is 2.69 bits per heavy atom. The van der Waals surface area contributed by atoms with Crippen LogP contribution in [0.25, 0.3) is 0 Å². The summed E-state index contributed by atoms with van der Waals surface area (Å²) >= 11 is 5.76. The molecule has 0 unspecified atom stereocenters. The summed E-state index contributed by atoms with van der Waals surface area (Å²) in [6.45, 7) is 0. The van der Waals surface area contributed by atoms with Crippen molar-refractivity contribution in [3.8, 4) is 5.75 Å². The third kappa shape index (κ3) is 2.09. The van der Waals surface area contributed by atoms with E-state index in [-0.39, 0.29) is 5.69 Å². The molecule has 0 radical (unpaired) electrons. The van der Waals surface area contributed by atoms with Crippen LogP contribution in [0, 0.1) is 0 Å². The summed E-state index contributed by atoms with van der Waals surface area (Å²) in [6, 6.07) is 1.40. The van der Waals surface area contributed by atoms with E-state index in [1.165, 1.54) is 26.5 Å². The zero-order valence-electron chi connectivity index (χ0n) is 7.20. The highest BCUT2D eigenvalue weighted by Crippen LogP contribution is 2.23. The number of rotatable bonds is 2. The number of ether oxygens (including phenoxy) is 2. The lowest BCUT2D eigenvalue weighted by Crippen LogP contribution is -2.04. The average molecular weight is 202 g/mol. The number of aromatic nitrogens is 1. The normalized spacial score (nSPS) is 9.46. The van der Waals surface area contributed by atoms with Gasteiger partial charge in [0, 0.05) is 0 Å². The Labute approximate surface area is 80.4 Å². The maximum absolute atomic E-state index is 11.0. The summed E-state index contributed by atoms with van der Waals surface area (Å²) in [4.78, 5) is 14.8. The van der Waals surface area contributed by atoms with E-state index in [0.717, 1.165) is 0 Å². The fraction of sp³-hybridized carbons (Fsp3) is 0.250. The van der Waals surface area contributed by atoms with Gasteiger partial charge in [-0.15, -0.1) is 0 Å². The fourth-order valence-corrected chi connectivity index (χ4v) is 1.01. The molecule has 0 atom stereocenters. The van der Waals surface area contributed by atoms with Gasteiger partial charge in [0.05, 0.1) is 25.4 Å². The lowest BCUT2D eigenvalue weighted by Gasteiger charge is -2.03. The minimum Gasteiger partial charge on any atom is -0.494 e. The molecule has 0 N–H and O–H groups in total. The third-order valence-corrected chi connectivity index (χ3v) is 1.73. The maximum atomic E-state index is 11.0. The van der Waals surface area contributed by atoms with E-state index in [2.05, 4.69) is 9.72 Å². The summed E-state index contributed by atoms with van der Waals surface area (Å²) < 4.78 is 9.33. The van der Waals surface area contributed by atoms with Crippen molar-refractivity contribution < 1.29 is 14.3 Å². The van der Waals surface area contributed by atoms with Crippen molar-refractivity contribution in [1.82, 2.24) is 4.98 Å². The Morgan fingerprint density at radius 1 is 1.54 bits per heavy atom. The van der Waals surface area contributed by atoms with Gasteiger partial charge in [-0.25, -0.2) is 9.78 Å². The monoisotopic (exact) mass is 201 g/mol. The number of pyridine rings is 1. The highest BCUT2D eigenvalue weighted by molar-refractivity contribution is 6.32. The molecule has 0 saturated carbocycles. The van der Waals surface area contributed by atoms with Gasteiger partial charge in [0.1, 0.15) is 5.69 Å². The van der Waals surface area contributed by atoms with Crippen molar-refractivity contribution in [2.45, 2.75) is 0 Å². The van der Waals surface area contributed by atoms with Crippen molar-refractivity contribution in [1.29, 1.82) is 0 Å². The number of halogens is 1. The van der Waals surface area contributed by atoms with Crippen LogP contribution in [0.3, 0.4) is 0 Å². The predicted octanol–water partition coefficient (Wildman–Crippen LogP) is 1.53. The van der Waals surface area contributed by atoms with Crippen molar-refractivity contribution in [2.75, 3.05) is 14.2 Å². The van der Waals surface area contributed by atoms with Crippen molar-refractivity contribution in [2.24, 2.45) is 0 Å². The van der Waals surface area contributed by atoms with Gasteiger partial charge in [0.15, 0.2) is 5.75 Å². The molecule has 5 heteroatoms. The smallest absolute Gasteiger partial charge is 0.356 e. The number of hydrogen-bond donors (Lipinski definition) is 0. The maximum Gasteiger partial charge on any atom is 0.356 e. The number of carbonyl (C=O) groups excluding carboxylic acids is 1. The molecule has 0 fully saturated rings. The molecule has 0 aliphatic rings. The molecule has 0 amide bonds. The highest BCUT2D eigenvalue weighted by Gasteiger charge is 2.09. The number of esters is 1. The van der Waals surface area contributed by atoms with E-state index in [9.17, 15) is 4.79 Å². The molecule has 1 heterocycles. The first-order valence-electron chi connectivity index (χ1n) is 3.47. The second-order valence-electron chi connectivity index (χ2n) is 2.20. The van der Waals surface area contributed by atoms with Gasteiger partial charge in [-0.2, -0.15) is 0 Å². The second kappa shape index (κ2) is 4.09. The summed E-state index contributed by atoms with van der Waals surface area (Å²) in [5.41, 5.74) is 0.160. The molecule has 1 aromatic heterocycles. The molecular formula is C8H8ClNO3.